The topological polar surface area (TPSA) is 79.8 Å². The first-order valence-electron chi connectivity index (χ1n) is 7.15. The Morgan fingerprint density at radius 1 is 1.16 bits per heavy atom. The molecule has 2 amide bonds. The van der Waals surface area contributed by atoms with Gasteiger partial charge in [-0.05, 0) is 24.3 Å². The van der Waals surface area contributed by atoms with Gasteiger partial charge >= 0.3 is 0 Å². The van der Waals surface area contributed by atoms with Crippen LogP contribution in [0.25, 0.3) is 0 Å². The minimum atomic E-state index is -0.465. The summed E-state index contributed by atoms with van der Waals surface area (Å²) in [4.78, 5) is 23.3. The number of carbonyl (C=O) groups excluding carboxylic acids is 2. The molecule has 0 fully saturated rings. The Hall–Kier alpha value is -2.57. The minimum absolute atomic E-state index is 0.219. The number of nitrogens with one attached hydrogen (secondary N) is 2. The second-order valence-electron chi connectivity index (χ2n) is 4.96. The SMILES string of the molecule is COc1cc(NC(C)=O)ccc1C(=O)N/N=C/c1ccc(Cl)cc1Cl. The van der Waals surface area contributed by atoms with Crippen LogP contribution >= 0.6 is 23.2 Å². The molecular weight excluding hydrogens is 365 g/mol. The number of nitrogens with zero attached hydrogens (tertiary/aromatic N) is 1. The van der Waals surface area contributed by atoms with Crippen LogP contribution in [0.4, 0.5) is 5.69 Å². The van der Waals surface area contributed by atoms with Gasteiger partial charge in [-0.15, -0.1) is 0 Å². The predicted octanol–water partition coefficient (Wildman–Crippen LogP) is 3.72. The van der Waals surface area contributed by atoms with Crippen molar-refractivity contribution in [1.82, 2.24) is 5.43 Å². The van der Waals surface area contributed by atoms with Gasteiger partial charge in [0.25, 0.3) is 5.91 Å². The number of halogens is 2. The second kappa shape index (κ2) is 8.50. The van der Waals surface area contributed by atoms with E-state index >= 15 is 0 Å². The van der Waals surface area contributed by atoms with Crippen LogP contribution in [0.2, 0.25) is 10.0 Å². The number of amides is 2. The summed E-state index contributed by atoms with van der Waals surface area (Å²) in [5.74, 6) is -0.375. The number of carbonyl (C=O) groups is 2. The maximum Gasteiger partial charge on any atom is 0.275 e. The monoisotopic (exact) mass is 379 g/mol. The van der Waals surface area contributed by atoms with Gasteiger partial charge in [0, 0.05) is 29.3 Å². The van der Waals surface area contributed by atoms with Gasteiger partial charge < -0.3 is 10.1 Å². The van der Waals surface area contributed by atoms with Crippen LogP contribution in [0.15, 0.2) is 41.5 Å². The quantitative estimate of drug-likeness (QED) is 0.613. The number of anilines is 1. The van der Waals surface area contributed by atoms with Gasteiger partial charge in [-0.3, -0.25) is 9.59 Å². The highest BCUT2D eigenvalue weighted by Gasteiger charge is 2.12. The molecule has 2 rings (SSSR count). The Balaban J connectivity index is 2.12. The normalized spacial score (nSPS) is 10.6. The summed E-state index contributed by atoms with van der Waals surface area (Å²) in [6, 6.07) is 9.61. The van der Waals surface area contributed by atoms with Crippen LogP contribution in [0.1, 0.15) is 22.8 Å². The molecule has 0 saturated carbocycles. The van der Waals surface area contributed by atoms with Crippen LogP contribution in [-0.4, -0.2) is 25.1 Å². The molecule has 2 aromatic rings. The fraction of sp³-hybridized carbons (Fsp3) is 0.118. The van der Waals surface area contributed by atoms with Crippen molar-refractivity contribution in [3.63, 3.8) is 0 Å². The molecule has 6 nitrogen and oxygen atoms in total. The molecule has 8 heteroatoms. The van der Waals surface area contributed by atoms with Gasteiger partial charge in [0.2, 0.25) is 5.91 Å². The molecule has 130 valence electrons. The summed E-state index contributed by atoms with van der Waals surface area (Å²) in [5, 5.41) is 7.42. The van der Waals surface area contributed by atoms with Crippen LogP contribution in [-0.2, 0) is 4.79 Å². The van der Waals surface area contributed by atoms with Crippen LogP contribution in [0.5, 0.6) is 5.75 Å². The molecule has 0 aliphatic heterocycles. The molecule has 0 unspecified atom stereocenters. The molecule has 2 aromatic carbocycles. The van der Waals surface area contributed by atoms with E-state index in [-0.39, 0.29) is 11.5 Å². The van der Waals surface area contributed by atoms with Gasteiger partial charge in [0.05, 0.1) is 23.9 Å². The Kier molecular flexibility index (Phi) is 6.38. The smallest absolute Gasteiger partial charge is 0.275 e. The number of methoxy groups -OCH3 is 1. The first kappa shape index (κ1) is 18.8. The molecular formula is C17H15Cl2N3O3. The Morgan fingerprint density at radius 2 is 1.92 bits per heavy atom. The average molecular weight is 380 g/mol. The third-order valence-electron chi connectivity index (χ3n) is 3.10. The van der Waals surface area contributed by atoms with E-state index in [0.717, 1.165) is 0 Å². The Labute approximate surface area is 154 Å². The molecule has 0 bridgehead atoms. The van der Waals surface area contributed by atoms with Crippen molar-refractivity contribution in [3.8, 4) is 5.75 Å². The molecule has 0 aromatic heterocycles. The van der Waals surface area contributed by atoms with Crippen molar-refractivity contribution in [2.75, 3.05) is 12.4 Å². The lowest BCUT2D eigenvalue weighted by atomic mass is 10.1. The number of hydrogen-bond donors (Lipinski definition) is 2. The summed E-state index contributed by atoms with van der Waals surface area (Å²) >= 11 is 11.8. The maximum absolute atomic E-state index is 12.2. The van der Waals surface area contributed by atoms with Crippen molar-refractivity contribution < 1.29 is 14.3 Å². The first-order valence-corrected chi connectivity index (χ1v) is 7.90. The molecule has 0 heterocycles. The lowest BCUT2D eigenvalue weighted by Gasteiger charge is -2.09. The third-order valence-corrected chi connectivity index (χ3v) is 3.66. The predicted molar refractivity (Wildman–Crippen MR) is 98.8 cm³/mol. The fourth-order valence-corrected chi connectivity index (χ4v) is 2.44. The minimum Gasteiger partial charge on any atom is -0.496 e. The number of rotatable bonds is 5. The van der Waals surface area contributed by atoms with E-state index < -0.39 is 5.91 Å². The first-order chi connectivity index (χ1) is 11.9. The van der Waals surface area contributed by atoms with E-state index in [4.69, 9.17) is 27.9 Å². The number of hydrogen-bond acceptors (Lipinski definition) is 4. The van der Waals surface area contributed by atoms with Crippen molar-refractivity contribution in [3.05, 3.63) is 57.6 Å². The largest absolute Gasteiger partial charge is 0.496 e. The van der Waals surface area contributed by atoms with Crippen LogP contribution in [0.3, 0.4) is 0 Å². The van der Waals surface area contributed by atoms with Crippen molar-refractivity contribution >= 4 is 46.9 Å². The lowest BCUT2D eigenvalue weighted by Crippen LogP contribution is -2.18. The molecule has 0 radical (unpaired) electrons. The highest BCUT2D eigenvalue weighted by molar-refractivity contribution is 6.36. The van der Waals surface area contributed by atoms with E-state index in [2.05, 4.69) is 15.8 Å². The van der Waals surface area contributed by atoms with Gasteiger partial charge in [-0.1, -0.05) is 29.3 Å². The van der Waals surface area contributed by atoms with Crippen molar-refractivity contribution in [2.45, 2.75) is 6.92 Å². The Bertz CT molecular complexity index is 838. The van der Waals surface area contributed by atoms with E-state index in [9.17, 15) is 9.59 Å². The zero-order chi connectivity index (χ0) is 18.4. The van der Waals surface area contributed by atoms with Gasteiger partial charge in [0.15, 0.2) is 0 Å². The van der Waals surface area contributed by atoms with E-state index in [0.29, 0.717) is 27.0 Å². The third kappa shape index (κ3) is 5.20. The average Bonchev–Trinajstić information content (AvgIpc) is 2.56. The summed E-state index contributed by atoms with van der Waals surface area (Å²) in [5.41, 5.74) is 3.81. The van der Waals surface area contributed by atoms with E-state index in [1.807, 2.05) is 0 Å². The molecule has 0 aliphatic rings. The lowest BCUT2D eigenvalue weighted by molar-refractivity contribution is -0.114. The summed E-state index contributed by atoms with van der Waals surface area (Å²) in [7, 11) is 1.43. The molecule has 25 heavy (non-hydrogen) atoms. The highest BCUT2D eigenvalue weighted by Crippen LogP contribution is 2.23. The maximum atomic E-state index is 12.2. The van der Waals surface area contributed by atoms with Crippen molar-refractivity contribution in [1.29, 1.82) is 0 Å². The molecule has 0 aliphatic carbocycles. The molecule has 0 spiro atoms. The van der Waals surface area contributed by atoms with Gasteiger partial charge in [-0.2, -0.15) is 5.10 Å². The summed E-state index contributed by atoms with van der Waals surface area (Å²) in [6.45, 7) is 1.39. The zero-order valence-electron chi connectivity index (χ0n) is 13.5. The van der Waals surface area contributed by atoms with Gasteiger partial charge in [-0.25, -0.2) is 5.43 Å². The zero-order valence-corrected chi connectivity index (χ0v) is 15.0. The van der Waals surface area contributed by atoms with Crippen molar-refractivity contribution in [2.24, 2.45) is 5.10 Å². The molecule has 0 saturated heterocycles. The van der Waals surface area contributed by atoms with Crippen LogP contribution in [0, 0.1) is 0 Å². The summed E-state index contributed by atoms with van der Waals surface area (Å²) in [6.07, 6.45) is 1.41. The summed E-state index contributed by atoms with van der Waals surface area (Å²) < 4.78 is 5.19. The number of benzene rings is 2. The second-order valence-corrected chi connectivity index (χ2v) is 5.80. The number of ether oxygens (including phenoxy) is 1. The molecule has 0 atom stereocenters. The van der Waals surface area contributed by atoms with Gasteiger partial charge in [0.1, 0.15) is 5.75 Å². The van der Waals surface area contributed by atoms with E-state index in [1.54, 1.807) is 30.3 Å². The molecule has 2 N–H and O–H groups in total. The number of hydrazone groups is 1. The highest BCUT2D eigenvalue weighted by atomic mass is 35.5. The Morgan fingerprint density at radius 3 is 2.56 bits per heavy atom. The van der Waals surface area contributed by atoms with E-state index in [1.165, 1.54) is 26.3 Å². The fourth-order valence-electron chi connectivity index (χ4n) is 1.99. The van der Waals surface area contributed by atoms with Crippen LogP contribution < -0.4 is 15.5 Å². The standard InChI is InChI=1S/C17H15Cl2N3O3/c1-10(23)21-13-5-6-14(16(8-13)25-2)17(24)22-20-9-11-3-4-12(18)7-15(11)19/h3-9H,1-2H3,(H,21,23)(H,22,24)/b20-9+.